The van der Waals surface area contributed by atoms with E-state index in [0.29, 0.717) is 11.8 Å². The number of benzene rings is 2. The molecule has 0 heterocycles. The van der Waals surface area contributed by atoms with Crippen LogP contribution in [0.4, 0.5) is 0 Å². The van der Waals surface area contributed by atoms with Gasteiger partial charge in [-0.3, -0.25) is 9.59 Å². The quantitative estimate of drug-likeness (QED) is 0.127. The third kappa shape index (κ3) is 11.1. The van der Waals surface area contributed by atoms with Gasteiger partial charge in [0.2, 0.25) is 0 Å². The van der Waals surface area contributed by atoms with Crippen LogP contribution in [0.3, 0.4) is 0 Å². The molecule has 2 fully saturated rings. The Hall–Kier alpha value is -2.70. The fraction of sp³-hybridized carbons (Fsp3) is 0.682. The maximum atomic E-state index is 13.5. The predicted molar refractivity (Wildman–Crippen MR) is 202 cm³/mol. The van der Waals surface area contributed by atoms with Crippen molar-refractivity contribution >= 4 is 11.9 Å². The lowest BCUT2D eigenvalue weighted by Gasteiger charge is -2.40. The van der Waals surface area contributed by atoms with Gasteiger partial charge < -0.3 is 19.7 Å². The summed E-state index contributed by atoms with van der Waals surface area (Å²) in [6.45, 7) is 4.53. The molecule has 0 radical (unpaired) electrons. The second kappa shape index (κ2) is 20.4. The molecule has 6 heteroatoms. The van der Waals surface area contributed by atoms with Crippen molar-refractivity contribution in [1.29, 1.82) is 0 Å². The Balaban J connectivity index is 1.52. The topological polar surface area (TPSA) is 93.1 Å². The first kappa shape index (κ1) is 40.1. The number of unbranched alkanes of at least 4 members (excludes halogenated alkanes) is 4. The first-order valence-corrected chi connectivity index (χ1v) is 19.9. The van der Waals surface area contributed by atoms with Crippen molar-refractivity contribution in [2.45, 2.75) is 160 Å². The molecule has 0 saturated heterocycles. The van der Waals surface area contributed by atoms with Crippen molar-refractivity contribution < 1.29 is 29.3 Å². The summed E-state index contributed by atoms with van der Waals surface area (Å²) in [5, 5.41) is 20.8. The number of ether oxygens (including phenoxy) is 2. The minimum Gasteiger partial charge on any atom is -0.481 e. The van der Waals surface area contributed by atoms with Crippen LogP contribution in [0.2, 0.25) is 0 Å². The minimum absolute atomic E-state index is 0.203. The molecule has 6 nitrogen and oxygen atoms in total. The van der Waals surface area contributed by atoms with Crippen LogP contribution in [-0.4, -0.2) is 48.6 Å². The van der Waals surface area contributed by atoms with Gasteiger partial charge in [0.1, 0.15) is 11.5 Å². The summed E-state index contributed by atoms with van der Waals surface area (Å²) in [4.78, 5) is 25.4. The van der Waals surface area contributed by atoms with E-state index in [-0.39, 0.29) is 19.3 Å². The molecule has 2 aliphatic carbocycles. The molecule has 2 unspecified atom stereocenters. The van der Waals surface area contributed by atoms with Gasteiger partial charge in [-0.1, -0.05) is 114 Å². The zero-order valence-electron chi connectivity index (χ0n) is 31.5. The lowest BCUT2D eigenvalue weighted by atomic mass is 9.69. The van der Waals surface area contributed by atoms with Crippen molar-refractivity contribution in [1.82, 2.24) is 0 Å². The monoisotopic (exact) mass is 690 g/mol. The maximum Gasteiger partial charge on any atom is 0.313 e. The molecule has 278 valence electrons. The maximum absolute atomic E-state index is 13.5. The predicted octanol–water partition coefficient (Wildman–Crippen LogP) is 10.8. The number of carboxylic acid groups (broad SMARTS) is 2. The fourth-order valence-corrected chi connectivity index (χ4v) is 9.23. The van der Waals surface area contributed by atoms with Crippen molar-refractivity contribution in [2.24, 2.45) is 17.3 Å². The summed E-state index contributed by atoms with van der Waals surface area (Å²) in [6, 6.07) is 17.0. The van der Waals surface area contributed by atoms with E-state index in [4.69, 9.17) is 9.47 Å². The van der Waals surface area contributed by atoms with E-state index in [1.165, 1.54) is 128 Å². The van der Waals surface area contributed by atoms with Gasteiger partial charge in [0.15, 0.2) is 0 Å². The van der Waals surface area contributed by atoms with Crippen LogP contribution in [0.25, 0.3) is 0 Å². The van der Waals surface area contributed by atoms with E-state index in [1.54, 1.807) is 0 Å². The molecule has 0 amide bonds. The smallest absolute Gasteiger partial charge is 0.313 e. The normalized spacial score (nSPS) is 23.5. The Bertz CT molecular complexity index is 1200. The molecule has 0 bridgehead atoms. The number of hydrogen-bond donors (Lipinski definition) is 2. The van der Waals surface area contributed by atoms with Gasteiger partial charge in [-0.2, -0.15) is 0 Å². The third-order valence-electron chi connectivity index (χ3n) is 12.3. The van der Waals surface area contributed by atoms with Gasteiger partial charge in [0.25, 0.3) is 0 Å². The number of methoxy groups -OCH3 is 2. The SMILES string of the molecule is CCCCCC1CCC(c2ccc(CC(Cc3ccc(C4CCC(CCCCC)CC4)cc3)(C(=O)O)C(OC)C(CC(=O)O)OC)cc2)CC1. The third-order valence-corrected chi connectivity index (χ3v) is 12.3. The Morgan fingerprint density at radius 2 is 1.08 bits per heavy atom. The lowest BCUT2D eigenvalue weighted by molar-refractivity contribution is -0.172. The summed E-state index contributed by atoms with van der Waals surface area (Å²) in [5.41, 5.74) is 3.03. The van der Waals surface area contributed by atoms with E-state index in [9.17, 15) is 19.8 Å². The molecular weight excluding hydrogens is 624 g/mol. The molecule has 2 aromatic carbocycles. The van der Waals surface area contributed by atoms with Gasteiger partial charge in [-0.25, -0.2) is 0 Å². The molecule has 2 aliphatic rings. The van der Waals surface area contributed by atoms with Gasteiger partial charge in [-0.15, -0.1) is 0 Å². The van der Waals surface area contributed by atoms with Gasteiger partial charge in [-0.05, 0) is 110 Å². The van der Waals surface area contributed by atoms with Crippen LogP contribution in [0.1, 0.15) is 157 Å². The van der Waals surface area contributed by atoms with Crippen LogP contribution >= 0.6 is 0 Å². The summed E-state index contributed by atoms with van der Waals surface area (Å²) in [6.07, 6.45) is 18.7. The number of rotatable bonds is 21. The molecule has 0 spiro atoms. The van der Waals surface area contributed by atoms with E-state index in [0.717, 1.165) is 23.0 Å². The summed E-state index contributed by atoms with van der Waals surface area (Å²) in [5.74, 6) is 0.738. The van der Waals surface area contributed by atoms with Gasteiger partial charge in [0.05, 0.1) is 12.5 Å². The number of carboxylic acids is 2. The largest absolute Gasteiger partial charge is 0.481 e. The van der Waals surface area contributed by atoms with Crippen LogP contribution in [0.15, 0.2) is 48.5 Å². The van der Waals surface area contributed by atoms with Crippen molar-refractivity contribution in [3.8, 4) is 0 Å². The molecule has 50 heavy (non-hydrogen) atoms. The standard InChI is InChI=1S/C44H66O6/c1-5-7-9-11-32-13-21-36(22-14-32)38-25-17-34(18-26-38)30-44(43(47)48,42(50-4)40(49-3)29-41(45)46)31-35-19-27-39(28-20-35)37-23-15-33(16-24-37)12-10-8-6-2/h17-20,25-28,32-33,36-37,40,42H,5-16,21-24,29-31H2,1-4H3,(H,45,46)(H,47,48). The first-order chi connectivity index (χ1) is 24.2. The highest BCUT2D eigenvalue weighted by Crippen LogP contribution is 2.41. The van der Waals surface area contributed by atoms with Gasteiger partial charge >= 0.3 is 11.9 Å². The average molecular weight is 691 g/mol. The Morgan fingerprint density at radius 1 is 0.660 bits per heavy atom. The summed E-state index contributed by atoms with van der Waals surface area (Å²) in [7, 11) is 2.91. The molecule has 4 rings (SSSR count). The van der Waals surface area contributed by atoms with Crippen LogP contribution in [-0.2, 0) is 31.9 Å². The van der Waals surface area contributed by atoms with Gasteiger partial charge in [0, 0.05) is 14.2 Å². The lowest BCUT2D eigenvalue weighted by Crippen LogP contribution is -2.53. The summed E-state index contributed by atoms with van der Waals surface area (Å²) >= 11 is 0. The zero-order chi connectivity index (χ0) is 35.9. The average Bonchev–Trinajstić information content (AvgIpc) is 3.12. The highest BCUT2D eigenvalue weighted by molar-refractivity contribution is 5.77. The highest BCUT2D eigenvalue weighted by atomic mass is 16.5. The van der Waals surface area contributed by atoms with Crippen molar-refractivity contribution in [3.63, 3.8) is 0 Å². The zero-order valence-corrected chi connectivity index (χ0v) is 31.5. The summed E-state index contributed by atoms with van der Waals surface area (Å²) < 4.78 is 11.6. The second-order valence-corrected chi connectivity index (χ2v) is 15.8. The number of hydrogen-bond acceptors (Lipinski definition) is 4. The number of aliphatic carboxylic acids is 2. The highest BCUT2D eigenvalue weighted by Gasteiger charge is 2.50. The van der Waals surface area contributed by atoms with Crippen LogP contribution < -0.4 is 0 Å². The Morgan fingerprint density at radius 3 is 1.40 bits per heavy atom. The number of carbonyl (C=O) groups is 2. The first-order valence-electron chi connectivity index (χ1n) is 19.9. The van der Waals surface area contributed by atoms with Crippen LogP contribution in [0, 0.1) is 17.3 Å². The molecular formula is C44H66O6. The van der Waals surface area contributed by atoms with E-state index in [2.05, 4.69) is 62.4 Å². The Kier molecular flexibility index (Phi) is 16.3. The molecule has 2 N–H and O–H groups in total. The molecule has 2 aromatic rings. The van der Waals surface area contributed by atoms with Crippen LogP contribution in [0.5, 0.6) is 0 Å². The second-order valence-electron chi connectivity index (χ2n) is 15.8. The minimum atomic E-state index is -1.44. The van der Waals surface area contributed by atoms with E-state index in [1.807, 2.05) is 0 Å². The molecule has 2 atom stereocenters. The molecule has 0 aromatic heterocycles. The molecule has 2 saturated carbocycles. The van der Waals surface area contributed by atoms with E-state index < -0.39 is 29.6 Å². The Labute approximate surface area is 302 Å². The van der Waals surface area contributed by atoms with E-state index >= 15 is 0 Å². The van der Waals surface area contributed by atoms with Crippen molar-refractivity contribution in [3.05, 3.63) is 70.8 Å². The fourth-order valence-electron chi connectivity index (χ4n) is 9.23. The van der Waals surface area contributed by atoms with Crippen molar-refractivity contribution in [2.75, 3.05) is 14.2 Å². The molecule has 0 aliphatic heterocycles.